The number of halogens is 1. The van der Waals surface area contributed by atoms with Crippen LogP contribution in [0.15, 0.2) is 31.0 Å². The first-order valence-electron chi connectivity index (χ1n) is 7.46. The molecule has 0 spiro atoms. The average molecular weight is 319 g/mol. The zero-order valence-electron chi connectivity index (χ0n) is 14.0. The van der Waals surface area contributed by atoms with E-state index in [0.717, 1.165) is 11.1 Å². The SMILES string of the molecule is C=CCc1c(OC)cc(F)c2c1CC=CN2C(=O)OC(C)(C)C. The van der Waals surface area contributed by atoms with E-state index in [2.05, 4.69) is 6.58 Å². The largest absolute Gasteiger partial charge is 0.496 e. The van der Waals surface area contributed by atoms with Gasteiger partial charge in [0, 0.05) is 17.8 Å². The molecule has 124 valence electrons. The van der Waals surface area contributed by atoms with E-state index in [1.165, 1.54) is 18.1 Å². The van der Waals surface area contributed by atoms with E-state index in [4.69, 9.17) is 9.47 Å². The third-order valence-corrected chi connectivity index (χ3v) is 3.41. The van der Waals surface area contributed by atoms with Gasteiger partial charge in [-0.3, -0.25) is 4.90 Å². The number of carbonyl (C=O) groups is 1. The van der Waals surface area contributed by atoms with Gasteiger partial charge in [-0.25, -0.2) is 9.18 Å². The third kappa shape index (κ3) is 3.55. The lowest BCUT2D eigenvalue weighted by molar-refractivity contribution is 0.0594. The van der Waals surface area contributed by atoms with Gasteiger partial charge in [0.25, 0.3) is 0 Å². The molecule has 0 fully saturated rings. The molecule has 0 N–H and O–H groups in total. The number of fused-ring (bicyclic) bond motifs is 1. The topological polar surface area (TPSA) is 38.8 Å². The molecule has 1 aliphatic rings. The maximum Gasteiger partial charge on any atom is 0.419 e. The molecule has 1 heterocycles. The molecule has 1 aromatic rings. The molecule has 0 bridgehead atoms. The standard InChI is InChI=1S/C18H22FNO3/c1-6-8-12-13-9-7-10-20(17(21)23-18(2,3)4)16(13)14(19)11-15(12)22-5/h6-7,10-11H,1,8-9H2,2-5H3. The van der Waals surface area contributed by atoms with Gasteiger partial charge in [0.2, 0.25) is 0 Å². The molecule has 0 aromatic heterocycles. The number of amides is 1. The van der Waals surface area contributed by atoms with Crippen LogP contribution in [0.1, 0.15) is 31.9 Å². The lowest BCUT2D eigenvalue weighted by Crippen LogP contribution is -2.35. The fraction of sp³-hybridized carbons (Fsp3) is 0.389. The van der Waals surface area contributed by atoms with Gasteiger partial charge in [-0.15, -0.1) is 6.58 Å². The average Bonchev–Trinajstić information content (AvgIpc) is 2.47. The number of benzene rings is 1. The van der Waals surface area contributed by atoms with Crippen molar-refractivity contribution < 1.29 is 18.7 Å². The summed E-state index contributed by atoms with van der Waals surface area (Å²) in [5.74, 6) is -0.0551. The summed E-state index contributed by atoms with van der Waals surface area (Å²) < 4.78 is 25.2. The summed E-state index contributed by atoms with van der Waals surface area (Å²) in [7, 11) is 1.50. The molecule has 1 aliphatic heterocycles. The second-order valence-corrected chi connectivity index (χ2v) is 6.30. The molecule has 0 unspecified atom stereocenters. The van der Waals surface area contributed by atoms with Crippen molar-refractivity contribution in [2.24, 2.45) is 0 Å². The number of methoxy groups -OCH3 is 1. The van der Waals surface area contributed by atoms with Gasteiger partial charge in [-0.1, -0.05) is 12.2 Å². The van der Waals surface area contributed by atoms with Crippen molar-refractivity contribution in [3.05, 3.63) is 47.9 Å². The number of hydrogen-bond acceptors (Lipinski definition) is 3. The number of ether oxygens (including phenoxy) is 2. The van der Waals surface area contributed by atoms with Crippen LogP contribution in [0.5, 0.6) is 5.75 Å². The highest BCUT2D eigenvalue weighted by molar-refractivity contribution is 5.92. The van der Waals surface area contributed by atoms with E-state index >= 15 is 0 Å². The minimum Gasteiger partial charge on any atom is -0.496 e. The highest BCUT2D eigenvalue weighted by atomic mass is 19.1. The molecule has 1 aromatic carbocycles. The summed E-state index contributed by atoms with van der Waals surface area (Å²) in [6, 6.07) is 1.30. The predicted octanol–water partition coefficient (Wildman–Crippen LogP) is 4.37. The van der Waals surface area contributed by atoms with Crippen LogP contribution in [0.25, 0.3) is 0 Å². The normalized spacial score (nSPS) is 13.5. The van der Waals surface area contributed by atoms with E-state index in [1.807, 2.05) is 0 Å². The number of carbonyl (C=O) groups excluding carboxylic acids is 1. The molecule has 0 atom stereocenters. The van der Waals surface area contributed by atoms with Crippen LogP contribution in [0.4, 0.5) is 14.9 Å². The zero-order valence-corrected chi connectivity index (χ0v) is 14.0. The van der Waals surface area contributed by atoms with Crippen LogP contribution in [0, 0.1) is 5.82 Å². The lowest BCUT2D eigenvalue weighted by atomic mass is 9.95. The first-order valence-corrected chi connectivity index (χ1v) is 7.46. The summed E-state index contributed by atoms with van der Waals surface area (Å²) in [4.78, 5) is 13.6. The fourth-order valence-corrected chi connectivity index (χ4v) is 2.55. The Morgan fingerprint density at radius 1 is 1.48 bits per heavy atom. The van der Waals surface area contributed by atoms with E-state index < -0.39 is 17.5 Å². The van der Waals surface area contributed by atoms with Crippen LogP contribution in [0.3, 0.4) is 0 Å². The zero-order chi connectivity index (χ0) is 17.2. The van der Waals surface area contributed by atoms with Gasteiger partial charge >= 0.3 is 6.09 Å². The Hall–Kier alpha value is -2.30. The fourth-order valence-electron chi connectivity index (χ4n) is 2.55. The molecule has 2 rings (SSSR count). The highest BCUT2D eigenvalue weighted by Crippen LogP contribution is 2.38. The van der Waals surface area contributed by atoms with Gasteiger partial charge in [0.1, 0.15) is 11.4 Å². The minimum atomic E-state index is -0.657. The van der Waals surface area contributed by atoms with Crippen molar-refractivity contribution >= 4 is 11.8 Å². The Balaban J connectivity index is 2.53. The summed E-state index contributed by atoms with van der Waals surface area (Å²) >= 11 is 0. The van der Waals surface area contributed by atoms with E-state index in [9.17, 15) is 9.18 Å². The second-order valence-electron chi connectivity index (χ2n) is 6.30. The van der Waals surface area contributed by atoms with Crippen molar-refractivity contribution in [1.82, 2.24) is 0 Å². The third-order valence-electron chi connectivity index (χ3n) is 3.41. The Morgan fingerprint density at radius 3 is 2.74 bits per heavy atom. The van der Waals surface area contributed by atoms with Crippen molar-refractivity contribution in [3.63, 3.8) is 0 Å². The smallest absolute Gasteiger partial charge is 0.419 e. The predicted molar refractivity (Wildman–Crippen MR) is 88.4 cm³/mol. The molecule has 5 heteroatoms. The Morgan fingerprint density at radius 2 is 2.17 bits per heavy atom. The first-order chi connectivity index (χ1) is 10.8. The van der Waals surface area contributed by atoms with E-state index in [0.29, 0.717) is 18.6 Å². The molecule has 0 radical (unpaired) electrons. The van der Waals surface area contributed by atoms with Gasteiger partial charge in [0.05, 0.1) is 12.8 Å². The number of anilines is 1. The first kappa shape index (κ1) is 17.1. The van der Waals surface area contributed by atoms with Crippen LogP contribution < -0.4 is 9.64 Å². The molecule has 0 aliphatic carbocycles. The van der Waals surface area contributed by atoms with Gasteiger partial charge < -0.3 is 9.47 Å². The molecule has 23 heavy (non-hydrogen) atoms. The number of hydrogen-bond donors (Lipinski definition) is 0. The Bertz CT molecular complexity index is 659. The van der Waals surface area contributed by atoms with Crippen molar-refractivity contribution in [1.29, 1.82) is 0 Å². The molecular formula is C18H22FNO3. The van der Waals surface area contributed by atoms with E-state index in [-0.39, 0.29) is 5.69 Å². The maximum atomic E-state index is 14.6. The summed E-state index contributed by atoms with van der Waals surface area (Å²) in [6.07, 6.45) is 5.52. The molecular weight excluding hydrogens is 297 g/mol. The van der Waals surface area contributed by atoms with Gasteiger partial charge in [0.15, 0.2) is 5.82 Å². The minimum absolute atomic E-state index is 0.222. The van der Waals surface area contributed by atoms with Crippen LogP contribution in [-0.2, 0) is 17.6 Å². The highest BCUT2D eigenvalue weighted by Gasteiger charge is 2.30. The van der Waals surface area contributed by atoms with Gasteiger partial charge in [-0.2, -0.15) is 0 Å². The number of nitrogens with zero attached hydrogens (tertiary/aromatic N) is 1. The number of rotatable bonds is 3. The summed E-state index contributed by atoms with van der Waals surface area (Å²) in [5.41, 5.74) is 1.11. The van der Waals surface area contributed by atoms with Crippen LogP contribution in [0.2, 0.25) is 0 Å². The van der Waals surface area contributed by atoms with Crippen molar-refractivity contribution in [2.75, 3.05) is 12.0 Å². The molecule has 0 saturated carbocycles. The van der Waals surface area contributed by atoms with Crippen molar-refractivity contribution in [2.45, 2.75) is 39.2 Å². The molecule has 0 saturated heterocycles. The molecule has 1 amide bonds. The van der Waals surface area contributed by atoms with Gasteiger partial charge in [-0.05, 0) is 39.2 Å². The monoisotopic (exact) mass is 319 g/mol. The van der Waals surface area contributed by atoms with E-state index in [1.54, 1.807) is 39.1 Å². The van der Waals surface area contributed by atoms with Crippen molar-refractivity contribution in [3.8, 4) is 5.75 Å². The lowest BCUT2D eigenvalue weighted by Gasteiger charge is -2.30. The summed E-state index contributed by atoms with van der Waals surface area (Å²) in [6.45, 7) is 9.05. The number of allylic oxidation sites excluding steroid dienone is 2. The second kappa shape index (κ2) is 6.44. The maximum absolute atomic E-state index is 14.6. The summed E-state index contributed by atoms with van der Waals surface area (Å²) in [5, 5.41) is 0. The Kier molecular flexibility index (Phi) is 4.78. The quantitative estimate of drug-likeness (QED) is 0.776. The van der Waals surface area contributed by atoms with Crippen LogP contribution in [-0.4, -0.2) is 18.8 Å². The van der Waals surface area contributed by atoms with Crippen LogP contribution >= 0.6 is 0 Å². The Labute approximate surface area is 136 Å². The molecule has 4 nitrogen and oxygen atoms in total.